The molecule has 39 heavy (non-hydrogen) atoms. The Kier molecular flexibility index (Phi) is 8.91. The van der Waals surface area contributed by atoms with Gasteiger partial charge in [-0.2, -0.15) is 4.58 Å². The molecule has 4 rings (SSSR count). The first-order valence-corrected chi connectivity index (χ1v) is 14.3. The van der Waals surface area contributed by atoms with Crippen LogP contribution in [0, 0.1) is 0 Å². The van der Waals surface area contributed by atoms with E-state index >= 15 is 0 Å². The van der Waals surface area contributed by atoms with Crippen LogP contribution in [0.25, 0.3) is 0 Å². The fourth-order valence-electron chi connectivity index (χ4n) is 6.07. The highest BCUT2D eigenvalue weighted by Crippen LogP contribution is 2.47. The predicted octanol–water partition coefficient (Wildman–Crippen LogP) is 6.12. The molecule has 2 aromatic carbocycles. The predicted molar refractivity (Wildman–Crippen MR) is 164 cm³/mol. The van der Waals surface area contributed by atoms with Gasteiger partial charge in [0, 0.05) is 60.6 Å². The highest BCUT2D eigenvalue weighted by Gasteiger charge is 2.42. The zero-order chi connectivity index (χ0) is 28.0. The number of unbranched alkanes of at least 4 members (excludes halogenated alkanes) is 2. The zero-order valence-electron chi connectivity index (χ0n) is 24.3. The van der Waals surface area contributed by atoms with Gasteiger partial charge in [0.05, 0.1) is 5.41 Å². The fraction of sp³-hybridized carbons (Fsp3) is 0.412. The molecule has 2 aliphatic heterocycles. The Labute approximate surface area is 234 Å². The lowest BCUT2D eigenvalue weighted by atomic mass is 9.81. The van der Waals surface area contributed by atoms with E-state index in [0.717, 1.165) is 25.8 Å². The number of fused-ring (bicyclic) bond motifs is 2. The molecule has 2 aromatic rings. The Balaban J connectivity index is 1.45. The second kappa shape index (κ2) is 12.2. The maximum absolute atomic E-state index is 11.9. The molecule has 0 aromatic heterocycles. The van der Waals surface area contributed by atoms with Crippen LogP contribution in [0.4, 0.5) is 11.4 Å². The molecular formula is C34H45N4O+. The molecule has 3 N–H and O–H groups in total. The molecule has 0 unspecified atom stereocenters. The Morgan fingerprint density at radius 2 is 1.64 bits per heavy atom. The van der Waals surface area contributed by atoms with Crippen molar-refractivity contribution in [3.05, 3.63) is 95.7 Å². The van der Waals surface area contributed by atoms with Crippen LogP contribution in [-0.2, 0) is 15.6 Å². The van der Waals surface area contributed by atoms with Gasteiger partial charge >= 0.3 is 0 Å². The number of carbonyl (C=O) groups is 1. The number of benzene rings is 2. The molecule has 0 saturated carbocycles. The van der Waals surface area contributed by atoms with E-state index in [1.165, 1.54) is 33.9 Å². The van der Waals surface area contributed by atoms with Crippen molar-refractivity contribution in [3.63, 3.8) is 0 Å². The number of nitrogens with one attached hydrogen (secondary N) is 1. The topological polar surface area (TPSA) is 61.4 Å². The van der Waals surface area contributed by atoms with E-state index in [-0.39, 0.29) is 16.7 Å². The summed E-state index contributed by atoms with van der Waals surface area (Å²) in [4.78, 5) is 14.4. The van der Waals surface area contributed by atoms with Crippen LogP contribution in [0.1, 0.15) is 64.5 Å². The van der Waals surface area contributed by atoms with E-state index in [1.54, 1.807) is 0 Å². The zero-order valence-corrected chi connectivity index (χ0v) is 24.3. The monoisotopic (exact) mass is 525 g/mol. The van der Waals surface area contributed by atoms with Crippen LogP contribution in [0.2, 0.25) is 0 Å². The van der Waals surface area contributed by atoms with Gasteiger partial charge in [0.15, 0.2) is 5.71 Å². The van der Waals surface area contributed by atoms with Crippen LogP contribution >= 0.6 is 0 Å². The minimum atomic E-state index is -0.0726. The third kappa shape index (κ3) is 5.94. The van der Waals surface area contributed by atoms with Gasteiger partial charge in [-0.1, -0.05) is 74.9 Å². The van der Waals surface area contributed by atoms with Gasteiger partial charge in [-0.05, 0) is 44.4 Å². The Morgan fingerprint density at radius 3 is 2.38 bits per heavy atom. The van der Waals surface area contributed by atoms with E-state index in [4.69, 9.17) is 5.73 Å². The molecule has 2 heterocycles. The fourth-order valence-corrected chi connectivity index (χ4v) is 6.07. The molecule has 5 nitrogen and oxygen atoms in total. The molecule has 0 fully saturated rings. The van der Waals surface area contributed by atoms with Gasteiger partial charge in [0.1, 0.15) is 7.05 Å². The second-order valence-corrected chi connectivity index (χ2v) is 11.6. The van der Waals surface area contributed by atoms with Crippen LogP contribution in [-0.4, -0.2) is 42.9 Å². The van der Waals surface area contributed by atoms with Crippen molar-refractivity contribution in [2.75, 3.05) is 31.6 Å². The molecule has 0 bridgehead atoms. The van der Waals surface area contributed by atoms with Crippen LogP contribution in [0.5, 0.6) is 0 Å². The number of carbonyl (C=O) groups excluding carboxylic acids is 1. The summed E-state index contributed by atoms with van der Waals surface area (Å²) in [6.45, 7) is 11.2. The number of para-hydroxylation sites is 2. The van der Waals surface area contributed by atoms with Crippen molar-refractivity contribution in [3.8, 4) is 0 Å². The molecule has 0 radical (unpaired) electrons. The highest BCUT2D eigenvalue weighted by atomic mass is 16.1. The molecule has 2 aliphatic rings. The Morgan fingerprint density at radius 1 is 0.923 bits per heavy atom. The van der Waals surface area contributed by atoms with E-state index < -0.39 is 0 Å². The number of nitrogens with zero attached hydrogens (tertiary/aromatic N) is 2. The first-order chi connectivity index (χ1) is 18.7. The Bertz CT molecular complexity index is 1310. The molecule has 0 spiro atoms. The van der Waals surface area contributed by atoms with Gasteiger partial charge in [0.2, 0.25) is 11.6 Å². The summed E-state index contributed by atoms with van der Waals surface area (Å²) >= 11 is 0. The van der Waals surface area contributed by atoms with Crippen molar-refractivity contribution >= 4 is 23.0 Å². The minimum absolute atomic E-state index is 0.0227. The number of nitrogens with two attached hydrogens (primary N) is 1. The molecule has 0 saturated heterocycles. The van der Waals surface area contributed by atoms with E-state index in [9.17, 15) is 4.79 Å². The number of hydrogen-bond donors (Lipinski definition) is 2. The average molecular weight is 526 g/mol. The molecule has 0 aliphatic carbocycles. The largest absolute Gasteiger partial charge is 0.355 e. The van der Waals surface area contributed by atoms with E-state index in [1.807, 2.05) is 0 Å². The highest BCUT2D eigenvalue weighted by molar-refractivity contribution is 6.03. The van der Waals surface area contributed by atoms with Gasteiger partial charge in [0.25, 0.3) is 0 Å². The quantitative estimate of drug-likeness (QED) is 0.211. The smallest absolute Gasteiger partial charge is 0.220 e. The van der Waals surface area contributed by atoms with Crippen molar-refractivity contribution in [2.24, 2.45) is 5.73 Å². The molecule has 206 valence electrons. The van der Waals surface area contributed by atoms with Crippen molar-refractivity contribution in [1.29, 1.82) is 0 Å². The molecule has 5 heteroatoms. The minimum Gasteiger partial charge on any atom is -0.355 e. The van der Waals surface area contributed by atoms with Crippen molar-refractivity contribution in [2.45, 2.75) is 64.2 Å². The SMILES string of the molecule is C[N+]1=C(/C=C/C=C/C=C2/N(CCCCCC(=O)NCCN)c3ccccc3C2(C)C)C(C)(C)c2ccccc21. The summed E-state index contributed by atoms with van der Waals surface area (Å²) in [7, 11) is 2.15. The van der Waals surface area contributed by atoms with Crippen LogP contribution in [0.3, 0.4) is 0 Å². The molecular weight excluding hydrogens is 480 g/mol. The van der Waals surface area contributed by atoms with Gasteiger partial charge in [-0.25, -0.2) is 0 Å². The number of amides is 1. The lowest BCUT2D eigenvalue weighted by Gasteiger charge is -2.27. The van der Waals surface area contributed by atoms with Gasteiger partial charge < -0.3 is 16.0 Å². The van der Waals surface area contributed by atoms with E-state index in [0.29, 0.717) is 19.5 Å². The summed E-state index contributed by atoms with van der Waals surface area (Å²) in [5, 5.41) is 2.86. The molecule has 1 amide bonds. The average Bonchev–Trinajstić information content (AvgIpc) is 3.26. The first kappa shape index (κ1) is 28.6. The summed E-state index contributed by atoms with van der Waals surface area (Å²) < 4.78 is 2.30. The van der Waals surface area contributed by atoms with Gasteiger partial charge in [-0.3, -0.25) is 4.79 Å². The van der Waals surface area contributed by atoms with E-state index in [2.05, 4.69) is 128 Å². The standard InChI is InChI=1S/C34H44N4O/c1-33(2)26-16-11-13-18-28(26)37(5)30(33)20-8-6-9-21-31-34(3,4)27-17-12-14-19-29(27)38(31)25-15-7-10-22-32(39)36-24-23-35/h6,8-9,11-14,16-21H,7,10,15,22-25,35H2,1-5H3/p+1. The van der Waals surface area contributed by atoms with Gasteiger partial charge in [-0.15, -0.1) is 0 Å². The number of allylic oxidation sites excluding steroid dienone is 6. The number of anilines is 1. The number of rotatable bonds is 11. The maximum atomic E-state index is 11.9. The van der Waals surface area contributed by atoms with Crippen molar-refractivity contribution in [1.82, 2.24) is 5.32 Å². The van der Waals surface area contributed by atoms with Crippen LogP contribution in [0.15, 0.2) is 84.6 Å². The second-order valence-electron chi connectivity index (χ2n) is 11.6. The third-order valence-corrected chi connectivity index (χ3v) is 8.22. The maximum Gasteiger partial charge on any atom is 0.220 e. The lowest BCUT2D eigenvalue weighted by Crippen LogP contribution is -2.29. The summed E-state index contributed by atoms with van der Waals surface area (Å²) in [5.74, 6) is 0.0982. The summed E-state index contributed by atoms with van der Waals surface area (Å²) in [5.41, 5.74) is 13.3. The summed E-state index contributed by atoms with van der Waals surface area (Å²) in [6, 6.07) is 17.4. The van der Waals surface area contributed by atoms with Crippen molar-refractivity contribution < 1.29 is 9.37 Å². The molecule has 0 atom stereocenters. The Hall–Kier alpha value is -3.44. The van der Waals surface area contributed by atoms with Crippen LogP contribution < -0.4 is 16.0 Å². The summed E-state index contributed by atoms with van der Waals surface area (Å²) in [6.07, 6.45) is 14.5. The lowest BCUT2D eigenvalue weighted by molar-refractivity contribution is -0.401. The third-order valence-electron chi connectivity index (χ3n) is 8.22. The number of hydrogen-bond acceptors (Lipinski definition) is 3. The normalized spacial score (nSPS) is 18.4. The first-order valence-electron chi connectivity index (χ1n) is 14.3.